The zero-order chi connectivity index (χ0) is 9.47. The summed E-state index contributed by atoms with van der Waals surface area (Å²) < 4.78 is 36.5. The Bertz CT molecular complexity index is 289. The first-order valence-electron chi connectivity index (χ1n) is 4.12. The number of alkyl halides is 3. The fraction of sp³-hybridized carbons (Fsp3) is 0.400. The SMILES string of the molecule is FC(F)(F)C1CC1c1cc[c]cc1. The van der Waals surface area contributed by atoms with E-state index in [1.165, 1.54) is 0 Å². The van der Waals surface area contributed by atoms with E-state index in [9.17, 15) is 13.2 Å². The molecule has 0 aliphatic heterocycles. The van der Waals surface area contributed by atoms with Crippen molar-refractivity contribution in [3.63, 3.8) is 0 Å². The van der Waals surface area contributed by atoms with Crippen molar-refractivity contribution >= 4 is 0 Å². The summed E-state index contributed by atoms with van der Waals surface area (Å²) in [5, 5.41) is 0. The van der Waals surface area contributed by atoms with Gasteiger partial charge in [-0.1, -0.05) is 24.3 Å². The van der Waals surface area contributed by atoms with Crippen molar-refractivity contribution in [2.24, 2.45) is 5.92 Å². The molecule has 0 amide bonds. The molecule has 3 heteroatoms. The summed E-state index contributed by atoms with van der Waals surface area (Å²) in [6.45, 7) is 0. The molecule has 0 heterocycles. The van der Waals surface area contributed by atoms with Gasteiger partial charge in [-0.25, -0.2) is 0 Å². The Labute approximate surface area is 74.4 Å². The van der Waals surface area contributed by atoms with Crippen molar-refractivity contribution in [2.75, 3.05) is 0 Å². The Kier molecular flexibility index (Phi) is 1.82. The molecule has 0 spiro atoms. The Hall–Kier alpha value is -0.990. The van der Waals surface area contributed by atoms with Crippen LogP contribution in [0.25, 0.3) is 0 Å². The Balaban J connectivity index is 2.09. The Morgan fingerprint density at radius 3 is 2.31 bits per heavy atom. The van der Waals surface area contributed by atoms with Gasteiger partial charge in [0.15, 0.2) is 0 Å². The van der Waals surface area contributed by atoms with Crippen molar-refractivity contribution in [2.45, 2.75) is 18.5 Å². The molecule has 2 unspecified atom stereocenters. The highest BCUT2D eigenvalue weighted by molar-refractivity contribution is 5.25. The maximum Gasteiger partial charge on any atom is 0.392 e. The molecule has 1 aromatic carbocycles. The van der Waals surface area contributed by atoms with Crippen LogP contribution in [0, 0.1) is 12.0 Å². The minimum Gasteiger partial charge on any atom is -0.171 e. The largest absolute Gasteiger partial charge is 0.392 e. The molecule has 13 heavy (non-hydrogen) atoms. The minimum atomic E-state index is -4.02. The third kappa shape index (κ3) is 1.69. The van der Waals surface area contributed by atoms with Crippen LogP contribution in [0.4, 0.5) is 13.2 Å². The number of benzene rings is 1. The molecule has 0 N–H and O–H groups in total. The van der Waals surface area contributed by atoms with E-state index in [4.69, 9.17) is 0 Å². The van der Waals surface area contributed by atoms with Gasteiger partial charge in [-0.2, -0.15) is 13.2 Å². The normalized spacial score (nSPS) is 27.3. The van der Waals surface area contributed by atoms with Gasteiger partial charge in [0, 0.05) is 0 Å². The van der Waals surface area contributed by atoms with Gasteiger partial charge in [-0.3, -0.25) is 0 Å². The Morgan fingerprint density at radius 2 is 1.85 bits per heavy atom. The van der Waals surface area contributed by atoms with Crippen LogP contribution < -0.4 is 0 Å². The summed E-state index contributed by atoms with van der Waals surface area (Å²) in [5.41, 5.74) is 0.779. The monoisotopic (exact) mass is 185 g/mol. The molecule has 0 bridgehead atoms. The van der Waals surface area contributed by atoms with Crippen LogP contribution in [-0.2, 0) is 0 Å². The number of hydrogen-bond donors (Lipinski definition) is 0. The van der Waals surface area contributed by atoms with Crippen molar-refractivity contribution in [3.8, 4) is 0 Å². The lowest BCUT2D eigenvalue weighted by Crippen LogP contribution is -2.11. The molecule has 0 aromatic heterocycles. The standard InChI is InChI=1S/C10H8F3/c11-10(12,13)9-6-8(9)7-4-2-1-3-5-7/h2-5,8-9H,6H2. The summed E-state index contributed by atoms with van der Waals surface area (Å²) in [4.78, 5) is 0. The zero-order valence-corrected chi connectivity index (χ0v) is 6.81. The van der Waals surface area contributed by atoms with Gasteiger partial charge in [-0.05, 0) is 24.0 Å². The van der Waals surface area contributed by atoms with E-state index >= 15 is 0 Å². The second-order valence-corrected chi connectivity index (χ2v) is 3.32. The van der Waals surface area contributed by atoms with Crippen molar-refractivity contribution in [3.05, 3.63) is 35.9 Å². The molecule has 69 valence electrons. The van der Waals surface area contributed by atoms with Crippen LogP contribution >= 0.6 is 0 Å². The lowest BCUT2D eigenvalue weighted by Gasteiger charge is -2.04. The van der Waals surface area contributed by atoms with Crippen LogP contribution in [-0.4, -0.2) is 6.18 Å². The van der Waals surface area contributed by atoms with Gasteiger partial charge in [0.1, 0.15) is 0 Å². The summed E-state index contributed by atoms with van der Waals surface area (Å²) in [7, 11) is 0. The fourth-order valence-electron chi connectivity index (χ4n) is 1.57. The number of hydrogen-bond acceptors (Lipinski definition) is 0. The number of rotatable bonds is 1. The van der Waals surface area contributed by atoms with Crippen LogP contribution in [0.5, 0.6) is 0 Å². The van der Waals surface area contributed by atoms with E-state index in [0.717, 1.165) is 5.56 Å². The molecule has 0 nitrogen and oxygen atoms in total. The van der Waals surface area contributed by atoms with Crippen molar-refractivity contribution < 1.29 is 13.2 Å². The van der Waals surface area contributed by atoms with Crippen LogP contribution in [0.3, 0.4) is 0 Å². The summed E-state index contributed by atoms with van der Waals surface area (Å²) in [6.07, 6.45) is -3.78. The first kappa shape index (κ1) is 8.60. The van der Waals surface area contributed by atoms with Gasteiger partial charge in [0.25, 0.3) is 0 Å². The maximum atomic E-state index is 12.2. The van der Waals surface area contributed by atoms with E-state index in [1.54, 1.807) is 24.3 Å². The van der Waals surface area contributed by atoms with E-state index in [1.807, 2.05) is 0 Å². The average molecular weight is 185 g/mol. The van der Waals surface area contributed by atoms with Gasteiger partial charge >= 0.3 is 6.18 Å². The van der Waals surface area contributed by atoms with Gasteiger partial charge in [0.2, 0.25) is 0 Å². The maximum absolute atomic E-state index is 12.2. The van der Waals surface area contributed by atoms with Gasteiger partial charge in [0.05, 0.1) is 5.92 Å². The van der Waals surface area contributed by atoms with E-state index in [2.05, 4.69) is 6.07 Å². The lowest BCUT2D eigenvalue weighted by molar-refractivity contribution is -0.148. The van der Waals surface area contributed by atoms with Crippen LogP contribution in [0.1, 0.15) is 17.9 Å². The third-order valence-corrected chi connectivity index (χ3v) is 2.38. The summed E-state index contributed by atoms with van der Waals surface area (Å²) in [6, 6.07) is 9.50. The predicted octanol–water partition coefficient (Wildman–Crippen LogP) is 3.15. The van der Waals surface area contributed by atoms with Crippen LogP contribution in [0.2, 0.25) is 0 Å². The van der Waals surface area contributed by atoms with E-state index < -0.39 is 12.1 Å². The second-order valence-electron chi connectivity index (χ2n) is 3.32. The van der Waals surface area contributed by atoms with E-state index in [-0.39, 0.29) is 12.3 Å². The molecule has 1 saturated carbocycles. The zero-order valence-electron chi connectivity index (χ0n) is 6.81. The highest BCUT2D eigenvalue weighted by Crippen LogP contribution is 2.55. The van der Waals surface area contributed by atoms with Crippen molar-refractivity contribution in [1.29, 1.82) is 0 Å². The molecule has 2 atom stereocenters. The molecule has 2 rings (SSSR count). The molecule has 1 aliphatic carbocycles. The molecule has 1 aromatic rings. The molecular weight excluding hydrogens is 177 g/mol. The quantitative estimate of drug-likeness (QED) is 0.630. The highest BCUT2D eigenvalue weighted by Gasteiger charge is 2.55. The second kappa shape index (κ2) is 2.76. The topological polar surface area (TPSA) is 0 Å². The van der Waals surface area contributed by atoms with Crippen molar-refractivity contribution in [1.82, 2.24) is 0 Å². The average Bonchev–Trinajstić information content (AvgIpc) is 2.83. The molecule has 0 saturated heterocycles. The van der Waals surface area contributed by atoms with E-state index in [0.29, 0.717) is 0 Å². The lowest BCUT2D eigenvalue weighted by atomic mass is 10.1. The predicted molar refractivity (Wildman–Crippen MR) is 42.2 cm³/mol. The fourth-order valence-corrected chi connectivity index (χ4v) is 1.57. The molecule has 1 aliphatic rings. The Morgan fingerprint density at radius 1 is 1.23 bits per heavy atom. The molecule has 1 radical (unpaired) electrons. The smallest absolute Gasteiger partial charge is 0.171 e. The first-order valence-corrected chi connectivity index (χ1v) is 4.12. The summed E-state index contributed by atoms with van der Waals surface area (Å²) >= 11 is 0. The highest BCUT2D eigenvalue weighted by atomic mass is 19.4. The van der Waals surface area contributed by atoms with Gasteiger partial charge < -0.3 is 0 Å². The van der Waals surface area contributed by atoms with Crippen LogP contribution in [0.15, 0.2) is 24.3 Å². The molecular formula is C10H8F3. The summed E-state index contributed by atoms with van der Waals surface area (Å²) in [5.74, 6) is -1.43. The number of halogens is 3. The first-order chi connectivity index (χ1) is 6.09. The molecule has 1 fully saturated rings. The van der Waals surface area contributed by atoms with Gasteiger partial charge in [-0.15, -0.1) is 0 Å². The minimum absolute atomic E-state index is 0.244. The third-order valence-electron chi connectivity index (χ3n) is 2.38.